The molecule has 1 rings (SSSR count). The average Bonchev–Trinajstić information content (AvgIpc) is 2.48. The van der Waals surface area contributed by atoms with Gasteiger partial charge in [0.25, 0.3) is 0 Å². The first-order chi connectivity index (χ1) is 11.2. The summed E-state index contributed by atoms with van der Waals surface area (Å²) >= 11 is 0. The molecule has 1 N–H and O–H groups in total. The van der Waals surface area contributed by atoms with E-state index in [1.54, 1.807) is 6.92 Å². The molecule has 24 heavy (non-hydrogen) atoms. The Morgan fingerprint density at radius 3 is 2.54 bits per heavy atom. The molecule has 0 aliphatic heterocycles. The Labute approximate surface area is 141 Å². The van der Waals surface area contributed by atoms with Crippen molar-refractivity contribution < 1.29 is 28.7 Å². The molecule has 0 bridgehead atoms. The van der Waals surface area contributed by atoms with Gasteiger partial charge in [0, 0.05) is 33.9 Å². The summed E-state index contributed by atoms with van der Waals surface area (Å²) in [7, 11) is 1.51. The van der Waals surface area contributed by atoms with Gasteiger partial charge in [0.15, 0.2) is 5.78 Å². The third-order valence-corrected chi connectivity index (χ3v) is 4.20. The summed E-state index contributed by atoms with van der Waals surface area (Å²) in [5, 5.41) is 2.47. The summed E-state index contributed by atoms with van der Waals surface area (Å²) in [5.74, 6) is -0.825. The first kappa shape index (κ1) is 19.9. The van der Waals surface area contributed by atoms with E-state index >= 15 is 0 Å². The van der Waals surface area contributed by atoms with Crippen molar-refractivity contribution >= 4 is 23.8 Å². The Bertz CT molecular complexity index is 507. The first-order valence-electron chi connectivity index (χ1n) is 8.08. The lowest BCUT2D eigenvalue weighted by molar-refractivity contribution is -0.167. The molecule has 0 aromatic heterocycles. The quantitative estimate of drug-likeness (QED) is 0.578. The molecule has 0 saturated heterocycles. The van der Waals surface area contributed by atoms with E-state index in [-0.39, 0.29) is 24.7 Å². The van der Waals surface area contributed by atoms with E-state index in [1.165, 1.54) is 25.8 Å². The first-order valence-corrected chi connectivity index (χ1v) is 8.08. The van der Waals surface area contributed by atoms with Crippen LogP contribution in [0.2, 0.25) is 0 Å². The van der Waals surface area contributed by atoms with Crippen molar-refractivity contribution in [2.75, 3.05) is 13.6 Å². The predicted octanol–water partition coefficient (Wildman–Crippen LogP) is 1.37. The number of amides is 2. The van der Waals surface area contributed by atoms with Gasteiger partial charge in [-0.05, 0) is 19.8 Å². The SMILES string of the molecule is CC(=O)NCCC(=O)OC(C)OC(=O)N(C)[C@]1(C)CCCCC1=O. The zero-order valence-corrected chi connectivity index (χ0v) is 14.7. The van der Waals surface area contributed by atoms with Crippen LogP contribution in [0.5, 0.6) is 0 Å². The highest BCUT2D eigenvalue weighted by molar-refractivity contribution is 5.91. The smallest absolute Gasteiger partial charge is 0.413 e. The molecule has 8 nitrogen and oxygen atoms in total. The lowest BCUT2D eigenvalue weighted by Gasteiger charge is -2.39. The molecule has 1 aliphatic carbocycles. The van der Waals surface area contributed by atoms with E-state index in [0.717, 1.165) is 12.8 Å². The van der Waals surface area contributed by atoms with Gasteiger partial charge in [0.1, 0.15) is 5.54 Å². The minimum absolute atomic E-state index is 0.00755. The van der Waals surface area contributed by atoms with Gasteiger partial charge in [-0.1, -0.05) is 6.42 Å². The molecule has 1 unspecified atom stereocenters. The Kier molecular flexibility index (Phi) is 7.18. The number of ether oxygens (including phenoxy) is 2. The van der Waals surface area contributed by atoms with Gasteiger partial charge >= 0.3 is 12.1 Å². The van der Waals surface area contributed by atoms with Crippen LogP contribution in [0.1, 0.15) is 52.9 Å². The van der Waals surface area contributed by atoms with E-state index in [1.807, 2.05) is 0 Å². The van der Waals surface area contributed by atoms with Gasteiger partial charge in [-0.15, -0.1) is 0 Å². The maximum absolute atomic E-state index is 12.2. The molecule has 136 valence electrons. The number of carbonyl (C=O) groups excluding carboxylic acids is 4. The van der Waals surface area contributed by atoms with Crippen LogP contribution in [0.4, 0.5) is 4.79 Å². The molecular weight excluding hydrogens is 316 g/mol. The minimum atomic E-state index is -1.08. The lowest BCUT2D eigenvalue weighted by atomic mass is 9.81. The van der Waals surface area contributed by atoms with Crippen LogP contribution < -0.4 is 5.32 Å². The van der Waals surface area contributed by atoms with Crippen molar-refractivity contribution in [1.82, 2.24) is 10.2 Å². The Morgan fingerprint density at radius 1 is 1.29 bits per heavy atom. The summed E-state index contributed by atoms with van der Waals surface area (Å²) in [6, 6.07) is 0. The van der Waals surface area contributed by atoms with Gasteiger partial charge in [-0.25, -0.2) is 4.79 Å². The lowest BCUT2D eigenvalue weighted by Crippen LogP contribution is -2.55. The van der Waals surface area contributed by atoms with Crippen LogP contribution in [-0.2, 0) is 23.9 Å². The van der Waals surface area contributed by atoms with Gasteiger partial charge in [-0.2, -0.15) is 0 Å². The zero-order valence-electron chi connectivity index (χ0n) is 14.7. The zero-order chi connectivity index (χ0) is 18.3. The maximum Gasteiger partial charge on any atom is 0.413 e. The van der Waals surface area contributed by atoms with Crippen LogP contribution in [0, 0.1) is 0 Å². The molecule has 1 saturated carbocycles. The van der Waals surface area contributed by atoms with Crippen LogP contribution >= 0.6 is 0 Å². The Balaban J connectivity index is 2.46. The Morgan fingerprint density at radius 2 is 1.96 bits per heavy atom. The van der Waals surface area contributed by atoms with Gasteiger partial charge in [-0.3, -0.25) is 19.3 Å². The van der Waals surface area contributed by atoms with E-state index in [4.69, 9.17) is 9.47 Å². The third-order valence-electron chi connectivity index (χ3n) is 4.20. The summed E-state index contributed by atoms with van der Waals surface area (Å²) in [6.45, 7) is 4.65. The molecule has 2 amide bonds. The standard InChI is InChI=1S/C16H26N2O6/c1-11(19)17-10-8-14(21)23-12(2)24-15(22)18(4)16(3)9-6-5-7-13(16)20/h12H,5-10H2,1-4H3,(H,17,19)/t12?,16-/m1/s1. The second-order valence-corrected chi connectivity index (χ2v) is 6.14. The number of Topliss-reactive ketones (excluding diaryl/α,β-unsaturated/α-hetero) is 1. The highest BCUT2D eigenvalue weighted by atomic mass is 16.7. The van der Waals surface area contributed by atoms with Crippen molar-refractivity contribution in [3.05, 3.63) is 0 Å². The summed E-state index contributed by atoms with van der Waals surface area (Å²) in [4.78, 5) is 47.9. The van der Waals surface area contributed by atoms with E-state index in [2.05, 4.69) is 5.32 Å². The highest BCUT2D eigenvalue weighted by Gasteiger charge is 2.42. The largest absolute Gasteiger partial charge is 0.425 e. The number of hydrogen-bond acceptors (Lipinski definition) is 6. The van der Waals surface area contributed by atoms with Gasteiger partial charge in [0.2, 0.25) is 12.2 Å². The topological polar surface area (TPSA) is 102 Å². The van der Waals surface area contributed by atoms with Crippen molar-refractivity contribution in [2.24, 2.45) is 0 Å². The summed E-state index contributed by atoms with van der Waals surface area (Å²) in [5.41, 5.74) is -0.884. The molecule has 1 fully saturated rings. The number of nitrogens with zero attached hydrogens (tertiary/aromatic N) is 1. The van der Waals surface area contributed by atoms with Crippen LogP contribution in [-0.4, -0.2) is 54.1 Å². The fraction of sp³-hybridized carbons (Fsp3) is 0.750. The molecule has 0 aromatic carbocycles. The van der Waals surface area contributed by atoms with Crippen molar-refractivity contribution in [1.29, 1.82) is 0 Å². The number of nitrogens with one attached hydrogen (secondary N) is 1. The average molecular weight is 342 g/mol. The van der Waals surface area contributed by atoms with Gasteiger partial charge in [0.05, 0.1) is 6.42 Å². The number of esters is 1. The van der Waals surface area contributed by atoms with Crippen LogP contribution in [0.3, 0.4) is 0 Å². The van der Waals surface area contributed by atoms with E-state index < -0.39 is 23.9 Å². The third kappa shape index (κ3) is 5.50. The maximum atomic E-state index is 12.2. The minimum Gasteiger partial charge on any atom is -0.425 e. The normalized spacial score (nSPS) is 21.6. The number of hydrogen-bond donors (Lipinski definition) is 1. The Hall–Kier alpha value is -2.12. The van der Waals surface area contributed by atoms with E-state index in [9.17, 15) is 19.2 Å². The second-order valence-electron chi connectivity index (χ2n) is 6.14. The molecule has 0 aromatic rings. The monoisotopic (exact) mass is 342 g/mol. The second kappa shape index (κ2) is 8.65. The molecule has 0 spiro atoms. The number of likely N-dealkylation sites (N-methyl/N-ethyl adjacent to an activating group) is 1. The van der Waals surface area contributed by atoms with Crippen LogP contribution in [0.15, 0.2) is 0 Å². The van der Waals surface area contributed by atoms with Crippen LogP contribution in [0.25, 0.3) is 0 Å². The molecule has 0 radical (unpaired) electrons. The van der Waals surface area contributed by atoms with Crippen molar-refractivity contribution in [3.63, 3.8) is 0 Å². The van der Waals surface area contributed by atoms with Gasteiger partial charge < -0.3 is 14.8 Å². The summed E-state index contributed by atoms with van der Waals surface area (Å²) < 4.78 is 10.0. The fourth-order valence-electron chi connectivity index (χ4n) is 2.55. The highest BCUT2D eigenvalue weighted by Crippen LogP contribution is 2.30. The van der Waals surface area contributed by atoms with E-state index in [0.29, 0.717) is 12.8 Å². The molecular formula is C16H26N2O6. The molecule has 2 atom stereocenters. The molecule has 8 heteroatoms. The molecule has 0 heterocycles. The predicted molar refractivity (Wildman–Crippen MR) is 85.0 cm³/mol. The van der Waals surface area contributed by atoms with Crippen molar-refractivity contribution in [3.8, 4) is 0 Å². The number of rotatable bonds is 6. The molecule has 1 aliphatic rings. The number of carbonyl (C=O) groups is 4. The van der Waals surface area contributed by atoms with Crippen molar-refractivity contribution in [2.45, 2.75) is 64.7 Å². The number of ketones is 1. The fourth-order valence-corrected chi connectivity index (χ4v) is 2.55. The summed E-state index contributed by atoms with van der Waals surface area (Å²) in [6.07, 6.45) is 0.923.